The van der Waals surface area contributed by atoms with E-state index in [9.17, 15) is 14.9 Å². The predicted octanol–water partition coefficient (Wildman–Crippen LogP) is 4.99. The van der Waals surface area contributed by atoms with E-state index in [1.807, 2.05) is 32.3 Å². The molecule has 1 heterocycles. The molecule has 0 aliphatic carbocycles. The number of hydrogen-bond donors (Lipinski definition) is 0. The van der Waals surface area contributed by atoms with Gasteiger partial charge in [0.05, 0.1) is 15.1 Å². The van der Waals surface area contributed by atoms with Crippen molar-refractivity contribution in [3.8, 4) is 0 Å². The van der Waals surface area contributed by atoms with E-state index in [0.717, 1.165) is 27.7 Å². The van der Waals surface area contributed by atoms with Crippen LogP contribution in [0.5, 0.6) is 0 Å². The Morgan fingerprint density at radius 3 is 2.48 bits per heavy atom. The van der Waals surface area contributed by atoms with Crippen LogP contribution in [0.4, 0.5) is 10.8 Å². The van der Waals surface area contributed by atoms with E-state index < -0.39 is 4.92 Å². The summed E-state index contributed by atoms with van der Waals surface area (Å²) < 4.78 is 1.94. The fourth-order valence-corrected chi connectivity index (χ4v) is 4.25. The van der Waals surface area contributed by atoms with Gasteiger partial charge in [-0.15, -0.1) is 12.4 Å². The number of benzene rings is 2. The van der Waals surface area contributed by atoms with Crippen molar-refractivity contribution in [2.24, 2.45) is 0 Å². The van der Waals surface area contributed by atoms with Crippen molar-refractivity contribution < 1.29 is 9.72 Å². The van der Waals surface area contributed by atoms with Crippen molar-refractivity contribution in [2.45, 2.75) is 6.42 Å². The molecule has 154 valence electrons. The highest BCUT2D eigenvalue weighted by Gasteiger charge is 2.22. The summed E-state index contributed by atoms with van der Waals surface area (Å²) in [6.45, 7) is 1.34. The SMILES string of the molecule is CN(C)CCCN(C(=O)c1ccc([N+](=O)[O-])cc1)c1nc2ccc(Br)cc2s1.Cl. The zero-order valence-electron chi connectivity index (χ0n) is 15.9. The lowest BCUT2D eigenvalue weighted by Gasteiger charge is -2.21. The van der Waals surface area contributed by atoms with E-state index >= 15 is 0 Å². The van der Waals surface area contributed by atoms with Crippen LogP contribution in [0.15, 0.2) is 46.9 Å². The van der Waals surface area contributed by atoms with Gasteiger partial charge in [-0.1, -0.05) is 27.3 Å². The first-order valence-corrected chi connectivity index (χ1v) is 10.2. The van der Waals surface area contributed by atoms with Crippen LogP contribution in [0.2, 0.25) is 0 Å². The minimum absolute atomic E-state index is 0. The summed E-state index contributed by atoms with van der Waals surface area (Å²) in [5.41, 5.74) is 1.19. The molecule has 0 saturated carbocycles. The first kappa shape index (κ1) is 23.2. The summed E-state index contributed by atoms with van der Waals surface area (Å²) in [4.78, 5) is 31.9. The van der Waals surface area contributed by atoms with Gasteiger partial charge < -0.3 is 4.90 Å². The average Bonchev–Trinajstić information content (AvgIpc) is 3.07. The van der Waals surface area contributed by atoms with Crippen LogP contribution in [0, 0.1) is 10.1 Å². The molecular weight excluding hydrogens is 480 g/mol. The number of rotatable bonds is 7. The van der Waals surface area contributed by atoms with Crippen molar-refractivity contribution in [2.75, 3.05) is 32.1 Å². The average molecular weight is 500 g/mol. The van der Waals surface area contributed by atoms with Crippen molar-refractivity contribution in [1.29, 1.82) is 0 Å². The smallest absolute Gasteiger partial charge is 0.269 e. The number of carbonyl (C=O) groups is 1. The largest absolute Gasteiger partial charge is 0.309 e. The lowest BCUT2D eigenvalue weighted by molar-refractivity contribution is -0.384. The number of aromatic nitrogens is 1. The van der Waals surface area contributed by atoms with Crippen LogP contribution < -0.4 is 4.90 Å². The Morgan fingerprint density at radius 2 is 1.86 bits per heavy atom. The van der Waals surface area contributed by atoms with Crippen molar-refractivity contribution in [3.05, 3.63) is 62.6 Å². The van der Waals surface area contributed by atoms with Gasteiger partial charge in [0.25, 0.3) is 11.6 Å². The van der Waals surface area contributed by atoms with Crippen molar-refractivity contribution in [1.82, 2.24) is 9.88 Å². The lowest BCUT2D eigenvalue weighted by Crippen LogP contribution is -2.33. The van der Waals surface area contributed by atoms with Gasteiger partial charge in [-0.3, -0.25) is 19.8 Å². The second kappa shape index (κ2) is 10.1. The number of nitro groups is 1. The monoisotopic (exact) mass is 498 g/mol. The molecule has 2 aromatic carbocycles. The summed E-state index contributed by atoms with van der Waals surface area (Å²) in [5.74, 6) is -0.216. The third-order valence-corrected chi connectivity index (χ3v) is 5.66. The topological polar surface area (TPSA) is 79.6 Å². The van der Waals surface area contributed by atoms with Crippen LogP contribution in [0.25, 0.3) is 10.2 Å². The number of nitrogens with zero attached hydrogens (tertiary/aromatic N) is 4. The Kier molecular flexibility index (Phi) is 8.09. The van der Waals surface area contributed by atoms with Crippen LogP contribution in [0.3, 0.4) is 0 Å². The van der Waals surface area contributed by atoms with Gasteiger partial charge in [0.15, 0.2) is 5.13 Å². The minimum atomic E-state index is -0.478. The summed E-state index contributed by atoms with van der Waals surface area (Å²) in [6.07, 6.45) is 0.783. The number of fused-ring (bicyclic) bond motifs is 1. The zero-order valence-corrected chi connectivity index (χ0v) is 19.1. The highest BCUT2D eigenvalue weighted by atomic mass is 79.9. The number of thiazole rings is 1. The van der Waals surface area contributed by atoms with Gasteiger partial charge in [-0.2, -0.15) is 0 Å². The Bertz CT molecular complexity index is 1010. The van der Waals surface area contributed by atoms with Gasteiger partial charge >= 0.3 is 0 Å². The number of halogens is 2. The molecule has 0 fully saturated rings. The quantitative estimate of drug-likeness (QED) is 0.338. The van der Waals surface area contributed by atoms with E-state index in [-0.39, 0.29) is 24.0 Å². The van der Waals surface area contributed by atoms with Crippen LogP contribution >= 0.6 is 39.7 Å². The molecule has 0 saturated heterocycles. The highest BCUT2D eigenvalue weighted by Crippen LogP contribution is 2.32. The van der Waals surface area contributed by atoms with E-state index in [2.05, 4.69) is 25.8 Å². The molecule has 7 nitrogen and oxygen atoms in total. The molecule has 0 atom stereocenters. The van der Waals surface area contributed by atoms with Crippen LogP contribution in [0.1, 0.15) is 16.8 Å². The summed E-state index contributed by atoms with van der Waals surface area (Å²) in [5, 5.41) is 11.5. The van der Waals surface area contributed by atoms with Crippen molar-refractivity contribution >= 4 is 66.6 Å². The fraction of sp³-hybridized carbons (Fsp3) is 0.263. The molecule has 1 amide bonds. The molecule has 0 aliphatic rings. The van der Waals surface area contributed by atoms with E-state index in [1.54, 1.807) is 4.90 Å². The second-order valence-corrected chi connectivity index (χ2v) is 8.45. The summed E-state index contributed by atoms with van der Waals surface area (Å²) >= 11 is 4.91. The molecule has 0 radical (unpaired) electrons. The standard InChI is InChI=1S/C19H19BrN4O3S.ClH/c1-22(2)10-3-11-23(18(25)13-4-7-15(8-5-13)24(26)27)19-21-16-9-6-14(20)12-17(16)28-19;/h4-9,12H,3,10-11H2,1-2H3;1H. The molecule has 0 bridgehead atoms. The third kappa shape index (κ3) is 5.72. The molecule has 10 heteroatoms. The second-order valence-electron chi connectivity index (χ2n) is 6.53. The number of non-ortho nitro benzene ring substituents is 1. The number of anilines is 1. The first-order valence-electron chi connectivity index (χ1n) is 8.62. The van der Waals surface area contributed by atoms with Gasteiger partial charge in [-0.25, -0.2) is 4.98 Å². The normalized spacial score (nSPS) is 10.8. The maximum absolute atomic E-state index is 13.1. The Hall–Kier alpha value is -2.07. The molecule has 3 aromatic rings. The molecule has 3 rings (SSSR count). The Morgan fingerprint density at radius 1 is 1.17 bits per heavy atom. The number of amides is 1. The van der Waals surface area contributed by atoms with Gasteiger partial charge in [0.2, 0.25) is 0 Å². The lowest BCUT2D eigenvalue weighted by atomic mass is 10.2. The minimum Gasteiger partial charge on any atom is -0.309 e. The number of nitro benzene ring substituents is 1. The van der Waals surface area contributed by atoms with Gasteiger partial charge in [0, 0.05) is 28.7 Å². The van der Waals surface area contributed by atoms with Crippen LogP contribution in [-0.2, 0) is 0 Å². The van der Waals surface area contributed by atoms with Gasteiger partial charge in [-0.05, 0) is 57.4 Å². The highest BCUT2D eigenvalue weighted by molar-refractivity contribution is 9.10. The summed E-state index contributed by atoms with van der Waals surface area (Å²) in [7, 11) is 3.97. The Balaban J connectivity index is 0.00000300. The molecule has 0 aliphatic heterocycles. The first-order chi connectivity index (χ1) is 13.3. The maximum atomic E-state index is 13.1. The predicted molar refractivity (Wildman–Crippen MR) is 123 cm³/mol. The third-order valence-electron chi connectivity index (χ3n) is 4.13. The molecule has 0 spiro atoms. The molecular formula is C19H20BrClN4O3S. The summed E-state index contributed by atoms with van der Waals surface area (Å²) in [6, 6.07) is 11.5. The molecule has 29 heavy (non-hydrogen) atoms. The fourth-order valence-electron chi connectivity index (χ4n) is 2.71. The molecule has 0 N–H and O–H groups in total. The maximum Gasteiger partial charge on any atom is 0.269 e. The Labute approximate surface area is 187 Å². The van der Waals surface area contributed by atoms with Crippen LogP contribution in [-0.4, -0.2) is 47.9 Å². The number of carbonyl (C=O) groups excluding carboxylic acids is 1. The van der Waals surface area contributed by atoms with E-state index in [0.29, 0.717) is 17.2 Å². The van der Waals surface area contributed by atoms with E-state index in [4.69, 9.17) is 0 Å². The van der Waals surface area contributed by atoms with E-state index in [1.165, 1.54) is 35.6 Å². The zero-order chi connectivity index (χ0) is 20.3. The number of hydrogen-bond acceptors (Lipinski definition) is 6. The molecule has 0 unspecified atom stereocenters. The van der Waals surface area contributed by atoms with Crippen molar-refractivity contribution in [3.63, 3.8) is 0 Å². The van der Waals surface area contributed by atoms with Gasteiger partial charge in [0.1, 0.15) is 0 Å². The molecule has 1 aromatic heterocycles.